The van der Waals surface area contributed by atoms with Crippen LogP contribution in [0, 0.1) is 23.4 Å². The standard InChI is InChI=1S/C19H16FN3O/c1-12(23-19(24)15-4-2-3-5-16(15)20)10-17(21)13-6-7-18-14(11-13)8-9-22-18/h4-9,11-12,21-22H,10H2,1H3,(H,23,24). The molecule has 1 aromatic heterocycles. The Labute approximate surface area is 139 Å². The summed E-state index contributed by atoms with van der Waals surface area (Å²) < 4.78 is 13.6. The first-order chi connectivity index (χ1) is 11.5. The summed E-state index contributed by atoms with van der Waals surface area (Å²) in [6.45, 7) is 1.79. The highest BCUT2D eigenvalue weighted by molar-refractivity contribution is 6.02. The van der Waals surface area contributed by atoms with Crippen LogP contribution in [0.5, 0.6) is 0 Å². The van der Waals surface area contributed by atoms with E-state index in [-0.39, 0.29) is 11.6 Å². The molecule has 0 radical (unpaired) electrons. The molecular formula is C19H16FN3O. The van der Waals surface area contributed by atoms with E-state index in [1.54, 1.807) is 6.92 Å². The fourth-order valence-corrected chi connectivity index (χ4v) is 2.56. The van der Waals surface area contributed by atoms with E-state index in [4.69, 9.17) is 5.41 Å². The lowest BCUT2D eigenvalue weighted by Gasteiger charge is -2.15. The Balaban J connectivity index is 1.65. The zero-order chi connectivity index (χ0) is 17.1. The molecule has 4 nitrogen and oxygen atoms in total. The third kappa shape index (κ3) is 3.28. The minimum Gasteiger partial charge on any atom is -0.361 e. The molecule has 3 N–H and O–H groups in total. The molecule has 0 aliphatic rings. The Morgan fingerprint density at radius 2 is 2.12 bits per heavy atom. The van der Waals surface area contributed by atoms with Crippen LogP contribution in [0.2, 0.25) is 0 Å². The van der Waals surface area contributed by atoms with Crippen molar-refractivity contribution in [1.29, 1.82) is 5.41 Å². The van der Waals surface area contributed by atoms with Gasteiger partial charge in [0, 0.05) is 47.4 Å². The van der Waals surface area contributed by atoms with Crippen molar-refractivity contribution in [2.24, 2.45) is 0 Å². The molecule has 0 spiro atoms. The highest BCUT2D eigenvalue weighted by Gasteiger charge is 2.15. The van der Waals surface area contributed by atoms with E-state index in [0.717, 1.165) is 22.5 Å². The fraction of sp³-hybridized carbons (Fsp3) is 0.158. The van der Waals surface area contributed by atoms with Gasteiger partial charge >= 0.3 is 0 Å². The van der Waals surface area contributed by atoms with Gasteiger partial charge in [-0.15, -0.1) is 0 Å². The predicted molar refractivity (Wildman–Crippen MR) is 90.7 cm³/mol. The van der Waals surface area contributed by atoms with Gasteiger partial charge in [-0.25, -0.2) is 4.39 Å². The molecule has 0 fully saturated rings. The van der Waals surface area contributed by atoms with Crippen LogP contribution >= 0.6 is 0 Å². The topological polar surface area (TPSA) is 68.7 Å². The minimum absolute atomic E-state index is 0.0686. The van der Waals surface area contributed by atoms with Gasteiger partial charge in [0.15, 0.2) is 0 Å². The average molecular weight is 321 g/mol. The Bertz CT molecular complexity index is 900. The summed E-state index contributed by atoms with van der Waals surface area (Å²) in [4.78, 5) is 15.2. The number of amides is 1. The first-order valence-electron chi connectivity index (χ1n) is 7.57. The van der Waals surface area contributed by atoms with Gasteiger partial charge in [-0.1, -0.05) is 18.2 Å². The lowest BCUT2D eigenvalue weighted by molar-refractivity contribution is 0.0937. The van der Waals surface area contributed by atoms with E-state index in [2.05, 4.69) is 22.4 Å². The molecule has 0 aliphatic carbocycles. The first-order valence-corrected chi connectivity index (χ1v) is 7.57. The number of hydrogen-bond donors (Lipinski definition) is 3. The maximum atomic E-state index is 13.6. The van der Waals surface area contributed by atoms with E-state index in [1.807, 2.05) is 30.5 Å². The summed E-state index contributed by atoms with van der Waals surface area (Å²) in [5.74, 6) is -1.15. The van der Waals surface area contributed by atoms with E-state index < -0.39 is 11.7 Å². The van der Waals surface area contributed by atoms with Gasteiger partial charge in [-0.2, -0.15) is 0 Å². The first kappa shape index (κ1) is 15.8. The molecule has 0 saturated carbocycles. The summed E-state index contributed by atoms with van der Waals surface area (Å²) >= 11 is 0. The smallest absolute Gasteiger partial charge is 0.255 e. The molecule has 1 atom stereocenters. The highest BCUT2D eigenvalue weighted by Crippen LogP contribution is 2.16. The number of aromatic nitrogens is 1. The SMILES string of the molecule is CC(CC(=N)c1ccc2[nH]ccc2c1)NC(=O)c1cc#ccc1F. The van der Waals surface area contributed by atoms with E-state index in [1.165, 1.54) is 6.07 Å². The van der Waals surface area contributed by atoms with Crippen molar-refractivity contribution in [3.63, 3.8) is 0 Å². The lowest BCUT2D eigenvalue weighted by atomic mass is 10.0. The molecule has 0 saturated heterocycles. The van der Waals surface area contributed by atoms with Gasteiger partial charge in [-0.05, 0) is 30.7 Å². The molecule has 3 aromatic rings. The zero-order valence-electron chi connectivity index (χ0n) is 13.1. The molecule has 0 bridgehead atoms. The molecule has 1 heterocycles. The van der Waals surface area contributed by atoms with Crippen molar-refractivity contribution >= 4 is 22.5 Å². The van der Waals surface area contributed by atoms with Crippen molar-refractivity contribution in [2.45, 2.75) is 19.4 Å². The highest BCUT2D eigenvalue weighted by atomic mass is 19.1. The van der Waals surface area contributed by atoms with Gasteiger partial charge in [-0.3, -0.25) is 4.79 Å². The number of carbonyl (C=O) groups is 1. The molecule has 5 heteroatoms. The zero-order valence-corrected chi connectivity index (χ0v) is 13.1. The third-order valence-corrected chi connectivity index (χ3v) is 3.79. The second-order valence-electron chi connectivity index (χ2n) is 5.68. The second kappa shape index (κ2) is 6.55. The number of aromatic amines is 1. The number of rotatable bonds is 5. The minimum atomic E-state index is -0.633. The Morgan fingerprint density at radius 1 is 1.33 bits per heavy atom. The number of carbonyl (C=O) groups excluding carboxylic acids is 1. The van der Waals surface area contributed by atoms with Gasteiger partial charge in [0.25, 0.3) is 5.91 Å². The molecule has 24 heavy (non-hydrogen) atoms. The van der Waals surface area contributed by atoms with Crippen LogP contribution < -0.4 is 5.32 Å². The van der Waals surface area contributed by atoms with Crippen LogP contribution in [0.15, 0.2) is 42.6 Å². The van der Waals surface area contributed by atoms with Gasteiger partial charge in [0.05, 0.1) is 5.56 Å². The lowest BCUT2D eigenvalue weighted by Crippen LogP contribution is -2.34. The van der Waals surface area contributed by atoms with E-state index >= 15 is 0 Å². The monoisotopic (exact) mass is 321 g/mol. The van der Waals surface area contributed by atoms with Crippen molar-refractivity contribution < 1.29 is 9.18 Å². The fourth-order valence-electron chi connectivity index (χ4n) is 2.56. The molecular weight excluding hydrogens is 305 g/mol. The van der Waals surface area contributed by atoms with Crippen LogP contribution in [0.3, 0.4) is 0 Å². The summed E-state index contributed by atoms with van der Waals surface area (Å²) in [5.41, 5.74) is 2.16. The van der Waals surface area contributed by atoms with Crippen molar-refractivity contribution in [3.8, 4) is 0 Å². The third-order valence-electron chi connectivity index (χ3n) is 3.79. The van der Waals surface area contributed by atoms with Crippen LogP contribution in [-0.2, 0) is 0 Å². The summed E-state index contributed by atoms with van der Waals surface area (Å²) in [6.07, 6.45) is 2.20. The van der Waals surface area contributed by atoms with Crippen molar-refractivity contribution in [2.75, 3.05) is 0 Å². The number of H-pyrrole nitrogens is 1. The summed E-state index contributed by atoms with van der Waals surface area (Å²) in [7, 11) is 0. The second-order valence-corrected chi connectivity index (χ2v) is 5.68. The quantitative estimate of drug-likeness (QED) is 0.619. The molecule has 3 rings (SSSR count). The van der Waals surface area contributed by atoms with E-state index in [0.29, 0.717) is 12.1 Å². The maximum absolute atomic E-state index is 13.6. The Hall–Kier alpha value is -3.13. The number of fused-ring (bicyclic) bond motifs is 1. The van der Waals surface area contributed by atoms with Gasteiger partial charge < -0.3 is 15.7 Å². The van der Waals surface area contributed by atoms with Crippen LogP contribution in [-0.4, -0.2) is 22.6 Å². The summed E-state index contributed by atoms with van der Waals surface area (Å²) in [5, 5.41) is 12.0. The van der Waals surface area contributed by atoms with Gasteiger partial charge in [0.2, 0.25) is 0 Å². The van der Waals surface area contributed by atoms with E-state index in [9.17, 15) is 9.18 Å². The Morgan fingerprint density at radius 3 is 2.92 bits per heavy atom. The number of halogens is 1. The van der Waals surface area contributed by atoms with Crippen molar-refractivity contribution in [3.05, 3.63) is 71.7 Å². The van der Waals surface area contributed by atoms with Crippen LogP contribution in [0.4, 0.5) is 4.39 Å². The van der Waals surface area contributed by atoms with Crippen molar-refractivity contribution in [1.82, 2.24) is 10.3 Å². The molecule has 2 aromatic carbocycles. The molecule has 120 valence electrons. The largest absolute Gasteiger partial charge is 0.361 e. The Kier molecular flexibility index (Phi) is 4.30. The van der Waals surface area contributed by atoms with Crippen LogP contribution in [0.25, 0.3) is 10.9 Å². The maximum Gasteiger partial charge on any atom is 0.255 e. The van der Waals surface area contributed by atoms with Gasteiger partial charge in [0.1, 0.15) is 5.82 Å². The predicted octanol–water partition coefficient (Wildman–Crippen LogP) is 3.48. The molecule has 0 aliphatic heterocycles. The normalized spacial score (nSPS) is 11.8. The van der Waals surface area contributed by atoms with Crippen LogP contribution in [0.1, 0.15) is 29.3 Å². The number of hydrogen-bond acceptors (Lipinski definition) is 2. The summed E-state index contributed by atoms with van der Waals surface area (Å²) in [6, 6.07) is 14.8. The number of benzene rings is 1. The molecule has 1 unspecified atom stereocenters. The molecule has 1 amide bonds. The number of nitrogens with one attached hydrogen (secondary N) is 3. The average Bonchev–Trinajstić information content (AvgIpc) is 3.02.